The van der Waals surface area contributed by atoms with Gasteiger partial charge in [0.05, 0.1) is 13.3 Å². The Hall–Kier alpha value is 0.950. The summed E-state index contributed by atoms with van der Waals surface area (Å²) in [5.41, 5.74) is 0. The van der Waals surface area contributed by atoms with Crippen molar-refractivity contribution in [2.75, 3.05) is 0 Å². The summed E-state index contributed by atoms with van der Waals surface area (Å²) in [6.45, 7) is 4.27. The molecule has 0 saturated heterocycles. The van der Waals surface area contributed by atoms with Gasteiger partial charge in [-0.1, -0.05) is 25.4 Å². The van der Waals surface area contributed by atoms with Crippen molar-refractivity contribution in [3.05, 3.63) is 18.2 Å². The Morgan fingerprint density at radius 3 is 2.09 bits per heavy atom. The monoisotopic (exact) mass is 316 g/mol. The van der Waals surface area contributed by atoms with Gasteiger partial charge in [-0.3, -0.25) is 0 Å². The van der Waals surface area contributed by atoms with E-state index >= 15 is 0 Å². The second kappa shape index (κ2) is 3.77. The minimum Gasteiger partial charge on any atom is -0.130 e. The average molecular weight is 318 g/mol. The molecule has 0 amide bonds. The second-order valence-corrected chi connectivity index (χ2v) is 6.06. The topological polar surface area (TPSA) is 0 Å². The molecule has 0 N–H and O–H groups in total. The number of hydrogen-bond acceptors (Lipinski definition) is 1. The molecule has 1 aromatic rings. The first-order chi connectivity index (χ1) is 5.04. The highest BCUT2D eigenvalue weighted by molar-refractivity contribution is 9.13. The van der Waals surface area contributed by atoms with E-state index in [1.165, 1.54) is 4.88 Å². The molecule has 0 aliphatic heterocycles. The summed E-state index contributed by atoms with van der Waals surface area (Å²) in [5, 5.41) is 0.844. The van der Waals surface area contributed by atoms with E-state index in [1.807, 2.05) is 0 Å². The molecule has 4 heteroatoms. The SMILES string of the molecule is CC(C)c1sc(Br)c(Br)c1Cl. The molecule has 0 spiro atoms. The Morgan fingerprint density at radius 1 is 1.36 bits per heavy atom. The molecule has 0 atom stereocenters. The Labute approximate surface area is 92.2 Å². The van der Waals surface area contributed by atoms with Gasteiger partial charge in [0, 0.05) is 4.88 Å². The van der Waals surface area contributed by atoms with Crippen molar-refractivity contribution < 1.29 is 0 Å². The summed E-state index contributed by atoms with van der Waals surface area (Å²) in [5.74, 6) is 0.495. The van der Waals surface area contributed by atoms with E-state index in [9.17, 15) is 0 Å². The molecule has 1 heterocycles. The smallest absolute Gasteiger partial charge is 0.0859 e. The van der Waals surface area contributed by atoms with Gasteiger partial charge in [-0.2, -0.15) is 0 Å². The molecule has 0 saturated carbocycles. The largest absolute Gasteiger partial charge is 0.130 e. The van der Waals surface area contributed by atoms with Crippen LogP contribution in [0.5, 0.6) is 0 Å². The minimum absolute atomic E-state index is 0.495. The zero-order valence-corrected chi connectivity index (χ0v) is 10.9. The maximum atomic E-state index is 6.04. The number of rotatable bonds is 1. The lowest BCUT2D eigenvalue weighted by molar-refractivity contribution is 0.889. The van der Waals surface area contributed by atoms with Gasteiger partial charge in [0.15, 0.2) is 0 Å². The molecule has 0 radical (unpaired) electrons. The van der Waals surface area contributed by atoms with Crippen molar-refractivity contribution >= 4 is 54.8 Å². The molecule has 0 unspecified atom stereocenters. The summed E-state index contributed by atoms with van der Waals surface area (Å²) in [6, 6.07) is 0. The van der Waals surface area contributed by atoms with Gasteiger partial charge in [0.1, 0.15) is 0 Å². The van der Waals surface area contributed by atoms with Crippen molar-refractivity contribution in [2.45, 2.75) is 19.8 Å². The van der Waals surface area contributed by atoms with Crippen molar-refractivity contribution in [1.29, 1.82) is 0 Å². The quantitative estimate of drug-likeness (QED) is 0.680. The van der Waals surface area contributed by atoms with Gasteiger partial charge in [-0.15, -0.1) is 11.3 Å². The van der Waals surface area contributed by atoms with E-state index < -0.39 is 0 Å². The molecule has 0 fully saturated rings. The summed E-state index contributed by atoms with van der Waals surface area (Å²) >= 11 is 14.6. The normalized spacial score (nSPS) is 11.1. The van der Waals surface area contributed by atoms with E-state index in [1.54, 1.807) is 11.3 Å². The Bertz CT molecular complexity index is 268. The van der Waals surface area contributed by atoms with Crippen LogP contribution in [0.25, 0.3) is 0 Å². The lowest BCUT2D eigenvalue weighted by Crippen LogP contribution is -1.80. The summed E-state index contributed by atoms with van der Waals surface area (Å²) in [6.07, 6.45) is 0. The lowest BCUT2D eigenvalue weighted by atomic mass is 10.2. The zero-order valence-electron chi connectivity index (χ0n) is 6.12. The molecule has 0 aliphatic rings. The van der Waals surface area contributed by atoms with Gasteiger partial charge in [-0.05, 0) is 37.8 Å². The Morgan fingerprint density at radius 2 is 1.91 bits per heavy atom. The molecule has 11 heavy (non-hydrogen) atoms. The van der Waals surface area contributed by atoms with Crippen LogP contribution in [0.3, 0.4) is 0 Å². The Kier molecular flexibility index (Phi) is 3.44. The van der Waals surface area contributed by atoms with Crippen LogP contribution in [-0.4, -0.2) is 0 Å². The maximum Gasteiger partial charge on any atom is 0.0859 e. The Balaban J connectivity index is 3.19. The van der Waals surface area contributed by atoms with Gasteiger partial charge in [-0.25, -0.2) is 0 Å². The van der Waals surface area contributed by atoms with E-state index in [0.717, 1.165) is 13.3 Å². The fraction of sp³-hybridized carbons (Fsp3) is 0.429. The van der Waals surface area contributed by atoms with Crippen molar-refractivity contribution in [3.63, 3.8) is 0 Å². The number of thiophene rings is 1. The molecule has 62 valence electrons. The third-order valence-corrected chi connectivity index (χ3v) is 5.79. The van der Waals surface area contributed by atoms with Crippen LogP contribution >= 0.6 is 54.8 Å². The molecule has 1 aromatic heterocycles. The van der Waals surface area contributed by atoms with Crippen molar-refractivity contribution in [2.24, 2.45) is 0 Å². The molecule has 1 rings (SSSR count). The maximum absolute atomic E-state index is 6.04. The molecule has 0 bridgehead atoms. The van der Waals surface area contributed by atoms with Gasteiger partial charge < -0.3 is 0 Å². The third kappa shape index (κ3) is 2.00. The third-order valence-electron chi connectivity index (χ3n) is 1.31. The van der Waals surface area contributed by atoms with Crippen molar-refractivity contribution in [3.8, 4) is 0 Å². The predicted octanol–water partition coefficient (Wildman–Crippen LogP) is 5.05. The molecule has 0 nitrogen and oxygen atoms in total. The van der Waals surface area contributed by atoms with E-state index in [4.69, 9.17) is 11.6 Å². The highest BCUT2D eigenvalue weighted by Gasteiger charge is 2.14. The standard InChI is InChI=1S/C7H7Br2ClS/c1-3(2)6-5(10)4(8)7(9)11-6/h3H,1-2H3. The lowest BCUT2D eigenvalue weighted by Gasteiger charge is -1.99. The van der Waals surface area contributed by atoms with Crippen LogP contribution in [0.1, 0.15) is 24.6 Å². The molecule has 0 aliphatic carbocycles. The van der Waals surface area contributed by atoms with Crippen LogP contribution in [0.15, 0.2) is 8.26 Å². The van der Waals surface area contributed by atoms with Crippen LogP contribution in [0.4, 0.5) is 0 Å². The zero-order chi connectivity index (χ0) is 8.59. The van der Waals surface area contributed by atoms with Crippen molar-refractivity contribution in [1.82, 2.24) is 0 Å². The first-order valence-electron chi connectivity index (χ1n) is 3.17. The summed E-state index contributed by atoms with van der Waals surface area (Å²) in [4.78, 5) is 1.23. The summed E-state index contributed by atoms with van der Waals surface area (Å²) in [7, 11) is 0. The van der Waals surface area contributed by atoms with Gasteiger partial charge in [0.2, 0.25) is 0 Å². The van der Waals surface area contributed by atoms with E-state index in [0.29, 0.717) is 5.92 Å². The van der Waals surface area contributed by atoms with Crippen LogP contribution < -0.4 is 0 Å². The molecular formula is C7H7Br2ClS. The predicted molar refractivity (Wildman–Crippen MR) is 58.8 cm³/mol. The van der Waals surface area contributed by atoms with Gasteiger partial charge in [0.25, 0.3) is 0 Å². The fourth-order valence-electron chi connectivity index (χ4n) is 0.752. The van der Waals surface area contributed by atoms with Crippen LogP contribution in [-0.2, 0) is 0 Å². The van der Waals surface area contributed by atoms with Crippen LogP contribution in [0, 0.1) is 0 Å². The highest BCUT2D eigenvalue weighted by Crippen LogP contribution is 2.43. The summed E-state index contributed by atoms with van der Waals surface area (Å²) < 4.78 is 2.05. The molecule has 0 aromatic carbocycles. The number of hydrogen-bond donors (Lipinski definition) is 0. The minimum atomic E-state index is 0.495. The first kappa shape index (κ1) is 10.0. The number of halogens is 3. The van der Waals surface area contributed by atoms with Gasteiger partial charge >= 0.3 is 0 Å². The first-order valence-corrected chi connectivity index (χ1v) is 5.95. The van der Waals surface area contributed by atoms with E-state index in [-0.39, 0.29) is 0 Å². The average Bonchev–Trinajstić information content (AvgIpc) is 2.17. The fourth-order valence-corrected chi connectivity index (χ4v) is 3.47. The van der Waals surface area contributed by atoms with E-state index in [2.05, 4.69) is 45.7 Å². The van der Waals surface area contributed by atoms with Crippen LogP contribution in [0.2, 0.25) is 5.02 Å². The highest BCUT2D eigenvalue weighted by atomic mass is 79.9. The second-order valence-electron chi connectivity index (χ2n) is 2.52. The molecular weight excluding hydrogens is 311 g/mol.